The van der Waals surface area contributed by atoms with E-state index in [2.05, 4.69) is 0 Å². The molecule has 0 aromatic carbocycles. The van der Waals surface area contributed by atoms with E-state index in [4.69, 9.17) is 0 Å². The van der Waals surface area contributed by atoms with Crippen molar-refractivity contribution < 1.29 is 64.4 Å². The normalized spacial score (nSPS) is 11.2. The van der Waals surface area contributed by atoms with Crippen LogP contribution in [0.25, 0.3) is 0 Å². The Morgan fingerprint density at radius 3 is 1.88 bits per heavy atom. The zero-order chi connectivity index (χ0) is 5.91. The van der Waals surface area contributed by atoms with Gasteiger partial charge in [0.25, 0.3) is 0 Å². The second-order valence-electron chi connectivity index (χ2n) is 0.962. The largest absolute Gasteiger partial charge is 1.00 e. The van der Waals surface area contributed by atoms with Gasteiger partial charge in [0.1, 0.15) is 10.1 Å². The van der Waals surface area contributed by atoms with Gasteiger partial charge in [-0.05, 0) is 6.92 Å². The van der Waals surface area contributed by atoms with Gasteiger partial charge in [0.15, 0.2) is 0 Å². The van der Waals surface area contributed by atoms with Gasteiger partial charge < -0.3 is 4.55 Å². The summed E-state index contributed by atoms with van der Waals surface area (Å²) >= 11 is 0. The quantitative estimate of drug-likeness (QED) is 0.305. The monoisotopic (exact) mass is 160 g/mol. The number of hydrogen-bond acceptors (Lipinski definition) is 3. The number of allylic oxidation sites excluding steroid dienone is 1. The maximum absolute atomic E-state index is 9.59. The van der Waals surface area contributed by atoms with E-state index in [1.807, 2.05) is 0 Å². The third kappa shape index (κ3) is 10.3. The van der Waals surface area contributed by atoms with E-state index in [1.165, 1.54) is 13.0 Å². The molecule has 0 aliphatic heterocycles. The molecular formula is C3H5KO3S. The smallest absolute Gasteiger partial charge is 0.744 e. The summed E-state index contributed by atoms with van der Waals surface area (Å²) in [7, 11) is -4.10. The second kappa shape index (κ2) is 5.10. The maximum Gasteiger partial charge on any atom is 1.00 e. The van der Waals surface area contributed by atoms with Gasteiger partial charge in [-0.25, -0.2) is 8.42 Å². The van der Waals surface area contributed by atoms with Crippen LogP contribution in [0.4, 0.5) is 0 Å². The van der Waals surface area contributed by atoms with E-state index >= 15 is 0 Å². The first kappa shape index (κ1) is 12.0. The van der Waals surface area contributed by atoms with Gasteiger partial charge in [-0.2, -0.15) is 0 Å². The van der Waals surface area contributed by atoms with Crippen molar-refractivity contribution in [3.05, 3.63) is 11.5 Å². The zero-order valence-corrected chi connectivity index (χ0v) is 8.73. The molecule has 0 aromatic heterocycles. The predicted octanol–water partition coefficient (Wildman–Crippen LogP) is -2.93. The summed E-state index contributed by atoms with van der Waals surface area (Å²) in [5.41, 5.74) is 0. The Balaban J connectivity index is 0. The summed E-state index contributed by atoms with van der Waals surface area (Å²) in [6.07, 6.45) is 1.18. The minimum absolute atomic E-state index is 0. The summed E-state index contributed by atoms with van der Waals surface area (Å²) in [6, 6.07) is 0. The fourth-order valence-electron chi connectivity index (χ4n) is 0.167. The second-order valence-corrected chi connectivity index (χ2v) is 2.22. The Kier molecular flexibility index (Phi) is 7.66. The van der Waals surface area contributed by atoms with E-state index in [-0.39, 0.29) is 51.4 Å². The SMILES string of the molecule is CC=CS(=O)(=O)[O-].[K+]. The molecule has 8 heavy (non-hydrogen) atoms. The molecule has 3 nitrogen and oxygen atoms in total. The van der Waals surface area contributed by atoms with Gasteiger partial charge in [-0.3, -0.25) is 0 Å². The average Bonchev–Trinajstić information content (AvgIpc) is 1.30. The van der Waals surface area contributed by atoms with Gasteiger partial charge in [0.2, 0.25) is 0 Å². The van der Waals surface area contributed by atoms with Crippen LogP contribution in [-0.4, -0.2) is 13.0 Å². The van der Waals surface area contributed by atoms with Gasteiger partial charge in [-0.1, -0.05) is 6.08 Å². The Hall–Kier alpha value is 1.29. The maximum atomic E-state index is 9.59. The van der Waals surface area contributed by atoms with E-state index in [0.29, 0.717) is 5.41 Å². The van der Waals surface area contributed by atoms with Gasteiger partial charge >= 0.3 is 51.4 Å². The number of rotatable bonds is 1. The third-order valence-corrected chi connectivity index (χ3v) is 0.908. The molecule has 0 saturated carbocycles. The standard InChI is InChI=1S/C3H6O3S.K/c1-2-3-7(4,5)6;/h2-3H,1H3,(H,4,5,6);/q;+1/p-1. The van der Waals surface area contributed by atoms with E-state index in [0.717, 1.165) is 0 Å². The van der Waals surface area contributed by atoms with Crippen LogP contribution >= 0.6 is 0 Å². The van der Waals surface area contributed by atoms with Crippen molar-refractivity contribution in [3.63, 3.8) is 0 Å². The van der Waals surface area contributed by atoms with Gasteiger partial charge in [-0.15, -0.1) is 0 Å². The summed E-state index contributed by atoms with van der Waals surface area (Å²) in [5.74, 6) is 0. The average molecular weight is 160 g/mol. The molecule has 0 aromatic rings. The number of hydrogen-bond donors (Lipinski definition) is 0. The first-order valence-electron chi connectivity index (χ1n) is 1.65. The van der Waals surface area contributed by atoms with E-state index in [9.17, 15) is 13.0 Å². The first-order chi connectivity index (χ1) is 3.06. The molecular weight excluding hydrogens is 155 g/mol. The van der Waals surface area contributed by atoms with Crippen molar-refractivity contribution in [2.24, 2.45) is 0 Å². The molecule has 0 aliphatic carbocycles. The van der Waals surface area contributed by atoms with Crippen molar-refractivity contribution in [2.75, 3.05) is 0 Å². The van der Waals surface area contributed by atoms with Crippen LogP contribution in [0.5, 0.6) is 0 Å². The predicted molar refractivity (Wildman–Crippen MR) is 24.5 cm³/mol. The van der Waals surface area contributed by atoms with Crippen molar-refractivity contribution in [3.8, 4) is 0 Å². The van der Waals surface area contributed by atoms with Crippen molar-refractivity contribution >= 4 is 10.1 Å². The molecule has 0 N–H and O–H groups in total. The molecule has 0 bridgehead atoms. The van der Waals surface area contributed by atoms with Crippen molar-refractivity contribution in [2.45, 2.75) is 6.92 Å². The molecule has 0 fully saturated rings. The zero-order valence-electron chi connectivity index (χ0n) is 4.79. The van der Waals surface area contributed by atoms with Crippen LogP contribution in [0.1, 0.15) is 6.92 Å². The molecule has 0 rings (SSSR count). The van der Waals surface area contributed by atoms with E-state index in [1.54, 1.807) is 0 Å². The molecule has 0 radical (unpaired) electrons. The molecule has 0 heterocycles. The van der Waals surface area contributed by atoms with Crippen molar-refractivity contribution in [1.29, 1.82) is 0 Å². The molecule has 0 spiro atoms. The molecule has 0 aliphatic rings. The third-order valence-electron chi connectivity index (χ3n) is 0.303. The van der Waals surface area contributed by atoms with Crippen LogP contribution in [0.2, 0.25) is 0 Å². The van der Waals surface area contributed by atoms with Crippen LogP contribution in [-0.2, 0) is 10.1 Å². The molecule has 0 amide bonds. The van der Waals surface area contributed by atoms with Crippen LogP contribution in [0.3, 0.4) is 0 Å². The molecule has 0 unspecified atom stereocenters. The van der Waals surface area contributed by atoms with Crippen molar-refractivity contribution in [1.82, 2.24) is 0 Å². The van der Waals surface area contributed by atoms with E-state index < -0.39 is 10.1 Å². The molecule has 42 valence electrons. The Morgan fingerprint density at radius 1 is 1.50 bits per heavy atom. The Bertz CT molecular complexity index is 157. The fourth-order valence-corrected chi connectivity index (χ4v) is 0.500. The fraction of sp³-hybridized carbons (Fsp3) is 0.333. The van der Waals surface area contributed by atoms with Gasteiger partial charge in [0, 0.05) is 5.41 Å². The van der Waals surface area contributed by atoms with Crippen LogP contribution < -0.4 is 51.4 Å². The minimum atomic E-state index is -4.10. The van der Waals surface area contributed by atoms with Crippen LogP contribution in [0, 0.1) is 0 Å². The summed E-state index contributed by atoms with van der Waals surface area (Å²) in [6.45, 7) is 1.47. The first-order valence-corrected chi connectivity index (χ1v) is 3.12. The molecule has 0 atom stereocenters. The summed E-state index contributed by atoms with van der Waals surface area (Å²) in [5, 5.41) is 0.604. The Labute approximate surface area is 91.3 Å². The van der Waals surface area contributed by atoms with Crippen LogP contribution in [0.15, 0.2) is 11.5 Å². The molecule has 0 saturated heterocycles. The minimum Gasteiger partial charge on any atom is -0.744 e. The summed E-state index contributed by atoms with van der Waals surface area (Å²) in [4.78, 5) is 0. The van der Waals surface area contributed by atoms with Gasteiger partial charge in [0.05, 0.1) is 0 Å². The molecule has 5 heteroatoms. The topological polar surface area (TPSA) is 57.2 Å². The summed E-state index contributed by atoms with van der Waals surface area (Å²) < 4.78 is 28.8. The Morgan fingerprint density at radius 2 is 1.88 bits per heavy atom.